The van der Waals surface area contributed by atoms with E-state index in [1.165, 1.54) is 11.0 Å². The fraction of sp³-hybridized carbons (Fsp3) is 0.250. The largest absolute Gasteiger partial charge is 0.383 e. The molecule has 0 aliphatic heterocycles. The van der Waals surface area contributed by atoms with Crippen molar-refractivity contribution in [2.24, 2.45) is 7.05 Å². The summed E-state index contributed by atoms with van der Waals surface area (Å²) in [5.41, 5.74) is 5.96. The molecular formula is C16H17F2N7O. The Labute approximate surface area is 147 Å². The normalized spacial score (nSPS) is 10.9. The standard InChI is InChI=1S/C16H17F2N7O/c1-3-25(8-12(26)21-13-10(17)5-4-6-11(13)18)16-22-14(19)9-7-20-24(2)15(9)23-16/h4-7H,3,8H2,1-2H3,(H,21,26)(H2,19,22,23). The van der Waals surface area contributed by atoms with Crippen molar-refractivity contribution >= 4 is 34.4 Å². The highest BCUT2D eigenvalue weighted by Crippen LogP contribution is 2.21. The molecule has 1 aromatic carbocycles. The summed E-state index contributed by atoms with van der Waals surface area (Å²) >= 11 is 0. The van der Waals surface area contributed by atoms with Crippen molar-refractivity contribution in [3.05, 3.63) is 36.0 Å². The summed E-state index contributed by atoms with van der Waals surface area (Å²) in [5.74, 6) is -1.85. The van der Waals surface area contributed by atoms with Crippen LogP contribution in [-0.4, -0.2) is 38.7 Å². The zero-order valence-corrected chi connectivity index (χ0v) is 14.2. The fourth-order valence-electron chi connectivity index (χ4n) is 2.47. The van der Waals surface area contributed by atoms with E-state index in [4.69, 9.17) is 5.73 Å². The van der Waals surface area contributed by atoms with E-state index in [9.17, 15) is 13.6 Å². The third-order valence-corrected chi connectivity index (χ3v) is 3.84. The first kappa shape index (κ1) is 17.5. The smallest absolute Gasteiger partial charge is 0.244 e. The van der Waals surface area contributed by atoms with Crippen LogP contribution < -0.4 is 16.0 Å². The lowest BCUT2D eigenvalue weighted by molar-refractivity contribution is -0.115. The number of aryl methyl sites for hydroxylation is 1. The molecule has 3 aromatic rings. The second-order valence-corrected chi connectivity index (χ2v) is 5.57. The molecule has 10 heteroatoms. The second-order valence-electron chi connectivity index (χ2n) is 5.57. The number of halogens is 2. The minimum absolute atomic E-state index is 0.201. The molecule has 0 aliphatic rings. The Bertz CT molecular complexity index is 952. The van der Waals surface area contributed by atoms with E-state index in [1.807, 2.05) is 0 Å². The molecule has 2 aromatic heterocycles. The number of hydrogen-bond donors (Lipinski definition) is 2. The zero-order valence-electron chi connectivity index (χ0n) is 14.2. The Hall–Kier alpha value is -3.30. The molecule has 0 radical (unpaired) electrons. The van der Waals surface area contributed by atoms with Crippen LogP contribution >= 0.6 is 0 Å². The van der Waals surface area contributed by atoms with Crippen molar-refractivity contribution in [1.29, 1.82) is 0 Å². The Morgan fingerprint density at radius 1 is 1.31 bits per heavy atom. The topological polar surface area (TPSA) is 102 Å². The Kier molecular flexibility index (Phi) is 4.65. The van der Waals surface area contributed by atoms with E-state index in [0.717, 1.165) is 12.1 Å². The van der Waals surface area contributed by atoms with Crippen LogP contribution in [0.1, 0.15) is 6.92 Å². The summed E-state index contributed by atoms with van der Waals surface area (Å²) < 4.78 is 28.9. The van der Waals surface area contributed by atoms with Gasteiger partial charge in [0.1, 0.15) is 29.7 Å². The van der Waals surface area contributed by atoms with E-state index in [1.54, 1.807) is 24.9 Å². The molecule has 0 saturated heterocycles. The Morgan fingerprint density at radius 2 is 2.00 bits per heavy atom. The van der Waals surface area contributed by atoms with Gasteiger partial charge in [-0.2, -0.15) is 15.1 Å². The third-order valence-electron chi connectivity index (χ3n) is 3.84. The molecule has 0 spiro atoms. The summed E-state index contributed by atoms with van der Waals surface area (Å²) in [6, 6.07) is 3.35. The molecule has 1 amide bonds. The molecule has 26 heavy (non-hydrogen) atoms. The lowest BCUT2D eigenvalue weighted by Gasteiger charge is -2.20. The average Bonchev–Trinajstić information content (AvgIpc) is 2.98. The third kappa shape index (κ3) is 3.25. The SMILES string of the molecule is CCN(CC(=O)Nc1c(F)cccc1F)c1nc(N)c2cnn(C)c2n1. The molecule has 8 nitrogen and oxygen atoms in total. The minimum Gasteiger partial charge on any atom is -0.383 e. The number of para-hydroxylation sites is 1. The Morgan fingerprint density at radius 3 is 2.65 bits per heavy atom. The van der Waals surface area contributed by atoms with Crippen LogP contribution in [0, 0.1) is 11.6 Å². The summed E-state index contributed by atoms with van der Waals surface area (Å²) in [6.07, 6.45) is 1.55. The number of anilines is 3. The number of carbonyl (C=O) groups excluding carboxylic acids is 1. The van der Waals surface area contributed by atoms with Gasteiger partial charge >= 0.3 is 0 Å². The summed E-state index contributed by atoms with van der Waals surface area (Å²) in [4.78, 5) is 22.3. The Balaban J connectivity index is 1.83. The first-order chi connectivity index (χ1) is 12.4. The fourth-order valence-corrected chi connectivity index (χ4v) is 2.47. The lowest BCUT2D eigenvalue weighted by atomic mass is 10.3. The maximum absolute atomic E-state index is 13.7. The van der Waals surface area contributed by atoms with Crippen LogP contribution in [0.3, 0.4) is 0 Å². The molecule has 0 fully saturated rings. The number of likely N-dealkylation sites (N-methyl/N-ethyl adjacent to an activating group) is 1. The van der Waals surface area contributed by atoms with Gasteiger partial charge in [0.15, 0.2) is 5.65 Å². The zero-order chi connectivity index (χ0) is 18.8. The number of hydrogen-bond acceptors (Lipinski definition) is 6. The number of nitrogens with two attached hydrogens (primary N) is 1. The van der Waals surface area contributed by atoms with Gasteiger partial charge in [0.05, 0.1) is 11.6 Å². The summed E-state index contributed by atoms with van der Waals surface area (Å²) in [7, 11) is 1.71. The van der Waals surface area contributed by atoms with Crippen LogP contribution in [0.25, 0.3) is 11.0 Å². The monoisotopic (exact) mass is 361 g/mol. The van der Waals surface area contributed by atoms with Crippen molar-refractivity contribution in [1.82, 2.24) is 19.7 Å². The van der Waals surface area contributed by atoms with Crippen LogP contribution in [-0.2, 0) is 11.8 Å². The lowest BCUT2D eigenvalue weighted by Crippen LogP contribution is -2.34. The summed E-state index contributed by atoms with van der Waals surface area (Å²) in [6.45, 7) is 1.98. The van der Waals surface area contributed by atoms with Crippen LogP contribution in [0.5, 0.6) is 0 Å². The maximum atomic E-state index is 13.7. The van der Waals surface area contributed by atoms with Crippen molar-refractivity contribution in [2.75, 3.05) is 29.0 Å². The van der Waals surface area contributed by atoms with Gasteiger partial charge < -0.3 is 16.0 Å². The molecular weight excluding hydrogens is 344 g/mol. The first-order valence-electron chi connectivity index (χ1n) is 7.84. The number of nitrogens with zero attached hydrogens (tertiary/aromatic N) is 5. The molecule has 0 aliphatic carbocycles. The van der Waals surface area contributed by atoms with Crippen LogP contribution in [0.4, 0.5) is 26.2 Å². The molecule has 0 unspecified atom stereocenters. The molecule has 3 rings (SSSR count). The van der Waals surface area contributed by atoms with Gasteiger partial charge in [-0.3, -0.25) is 9.48 Å². The highest BCUT2D eigenvalue weighted by atomic mass is 19.1. The number of rotatable bonds is 5. The quantitative estimate of drug-likeness (QED) is 0.717. The number of fused-ring (bicyclic) bond motifs is 1. The molecule has 136 valence electrons. The predicted molar refractivity (Wildman–Crippen MR) is 93.6 cm³/mol. The van der Waals surface area contributed by atoms with Gasteiger partial charge in [0.25, 0.3) is 0 Å². The van der Waals surface area contributed by atoms with Crippen molar-refractivity contribution in [3.8, 4) is 0 Å². The van der Waals surface area contributed by atoms with Crippen molar-refractivity contribution in [2.45, 2.75) is 6.92 Å². The second kappa shape index (κ2) is 6.90. The highest BCUT2D eigenvalue weighted by molar-refractivity contribution is 5.94. The number of amides is 1. The van der Waals surface area contributed by atoms with E-state index >= 15 is 0 Å². The summed E-state index contributed by atoms with van der Waals surface area (Å²) in [5, 5.41) is 6.91. The van der Waals surface area contributed by atoms with Gasteiger partial charge in [0.2, 0.25) is 11.9 Å². The number of aromatic nitrogens is 4. The van der Waals surface area contributed by atoms with Gasteiger partial charge in [-0.05, 0) is 19.1 Å². The first-order valence-corrected chi connectivity index (χ1v) is 7.84. The number of nitrogens with one attached hydrogen (secondary N) is 1. The molecule has 0 bridgehead atoms. The van der Waals surface area contributed by atoms with Crippen LogP contribution in [0.15, 0.2) is 24.4 Å². The molecule has 2 heterocycles. The van der Waals surface area contributed by atoms with Crippen LogP contribution in [0.2, 0.25) is 0 Å². The maximum Gasteiger partial charge on any atom is 0.244 e. The van der Waals surface area contributed by atoms with Gasteiger partial charge in [-0.1, -0.05) is 6.07 Å². The number of nitrogen functional groups attached to an aromatic ring is 1. The van der Waals surface area contributed by atoms with E-state index in [-0.39, 0.29) is 18.3 Å². The number of carbonyl (C=O) groups is 1. The average molecular weight is 361 g/mol. The molecule has 0 saturated carbocycles. The highest BCUT2D eigenvalue weighted by Gasteiger charge is 2.18. The van der Waals surface area contributed by atoms with Crippen molar-refractivity contribution < 1.29 is 13.6 Å². The molecule has 0 atom stereocenters. The number of benzene rings is 1. The van der Waals surface area contributed by atoms with Gasteiger partial charge in [-0.25, -0.2) is 8.78 Å². The van der Waals surface area contributed by atoms with E-state index < -0.39 is 23.2 Å². The van der Waals surface area contributed by atoms with Gasteiger partial charge in [0, 0.05) is 13.6 Å². The van der Waals surface area contributed by atoms with E-state index in [0.29, 0.717) is 17.6 Å². The molecule has 3 N–H and O–H groups in total. The van der Waals surface area contributed by atoms with Crippen molar-refractivity contribution in [3.63, 3.8) is 0 Å². The van der Waals surface area contributed by atoms with Gasteiger partial charge in [-0.15, -0.1) is 0 Å². The minimum atomic E-state index is -0.849. The predicted octanol–water partition coefficient (Wildman–Crippen LogP) is 1.69. The van der Waals surface area contributed by atoms with E-state index in [2.05, 4.69) is 20.4 Å².